The van der Waals surface area contributed by atoms with Gasteiger partial charge in [0.05, 0.1) is 6.61 Å². The van der Waals surface area contributed by atoms with Gasteiger partial charge in [-0.1, -0.05) is 58.2 Å². The molecule has 0 spiro atoms. The summed E-state index contributed by atoms with van der Waals surface area (Å²) in [4.78, 5) is 0. The van der Waals surface area contributed by atoms with Crippen molar-refractivity contribution >= 4 is 0 Å². The normalized spacial score (nSPS) is 17.4. The van der Waals surface area contributed by atoms with Gasteiger partial charge >= 0.3 is 0 Å². The Balaban J connectivity index is 1.95. The maximum atomic E-state index is 6.12. The van der Waals surface area contributed by atoms with E-state index in [1.54, 1.807) is 0 Å². The van der Waals surface area contributed by atoms with Crippen LogP contribution in [0, 0.1) is 11.3 Å². The minimum absolute atomic E-state index is 0.310. The fourth-order valence-electron chi connectivity index (χ4n) is 2.92. The number of rotatable bonds is 4. The van der Waals surface area contributed by atoms with Crippen LogP contribution >= 0.6 is 0 Å². The quantitative estimate of drug-likeness (QED) is 0.720. The molecule has 1 aromatic carbocycles. The van der Waals surface area contributed by atoms with Crippen LogP contribution in [0.2, 0.25) is 0 Å². The zero-order valence-corrected chi connectivity index (χ0v) is 12.7. The molecular weight excluding hydrogens is 232 g/mol. The van der Waals surface area contributed by atoms with Gasteiger partial charge in [0.1, 0.15) is 5.75 Å². The summed E-state index contributed by atoms with van der Waals surface area (Å²) in [5, 5.41) is 0. The van der Waals surface area contributed by atoms with E-state index in [2.05, 4.69) is 45.0 Å². The Kier molecular flexibility index (Phi) is 4.90. The molecule has 0 saturated heterocycles. The zero-order chi connectivity index (χ0) is 13.7. The largest absolute Gasteiger partial charge is 0.493 e. The molecule has 1 fully saturated rings. The molecule has 0 aliphatic heterocycles. The second-order valence-electron chi connectivity index (χ2n) is 7.16. The number of hydrogen-bond acceptors (Lipinski definition) is 1. The van der Waals surface area contributed by atoms with Crippen LogP contribution in [-0.4, -0.2) is 6.61 Å². The van der Waals surface area contributed by atoms with Gasteiger partial charge in [-0.15, -0.1) is 0 Å². The lowest BCUT2D eigenvalue weighted by atomic mass is 9.87. The van der Waals surface area contributed by atoms with Gasteiger partial charge in [-0.05, 0) is 42.2 Å². The molecule has 0 aromatic heterocycles. The van der Waals surface area contributed by atoms with Crippen molar-refractivity contribution in [1.82, 2.24) is 0 Å². The van der Waals surface area contributed by atoms with E-state index in [1.165, 1.54) is 37.7 Å². The van der Waals surface area contributed by atoms with Crippen molar-refractivity contribution in [3.8, 4) is 5.75 Å². The van der Waals surface area contributed by atoms with Crippen LogP contribution < -0.4 is 4.74 Å². The Morgan fingerprint density at radius 3 is 2.42 bits per heavy atom. The highest BCUT2D eigenvalue weighted by Gasteiger charge is 2.17. The van der Waals surface area contributed by atoms with Crippen molar-refractivity contribution in [3.63, 3.8) is 0 Å². The molecule has 0 amide bonds. The summed E-state index contributed by atoms with van der Waals surface area (Å²) in [6.45, 7) is 7.75. The van der Waals surface area contributed by atoms with Crippen molar-refractivity contribution < 1.29 is 4.74 Å². The second kappa shape index (κ2) is 6.45. The van der Waals surface area contributed by atoms with Gasteiger partial charge in [0.25, 0.3) is 0 Å². The molecule has 0 radical (unpaired) electrons. The van der Waals surface area contributed by atoms with Crippen LogP contribution in [0.25, 0.3) is 0 Å². The molecule has 1 aliphatic carbocycles. The third-order valence-electron chi connectivity index (χ3n) is 3.89. The maximum Gasteiger partial charge on any atom is 0.122 e. The van der Waals surface area contributed by atoms with Gasteiger partial charge in [0.2, 0.25) is 0 Å². The minimum Gasteiger partial charge on any atom is -0.493 e. The Hall–Kier alpha value is -0.980. The standard InChI is InChI=1S/C18H28O/c1-18(2,3)13-16-11-7-8-12-17(16)19-14-15-9-5-4-6-10-15/h7-8,11-12,15H,4-6,9-10,13-14H2,1-3H3. The number of para-hydroxylation sites is 1. The second-order valence-corrected chi connectivity index (χ2v) is 7.16. The van der Waals surface area contributed by atoms with Crippen LogP contribution in [0.3, 0.4) is 0 Å². The highest BCUT2D eigenvalue weighted by atomic mass is 16.5. The molecule has 19 heavy (non-hydrogen) atoms. The lowest BCUT2D eigenvalue weighted by Gasteiger charge is -2.24. The van der Waals surface area contributed by atoms with Crippen LogP contribution in [0.15, 0.2) is 24.3 Å². The molecule has 106 valence electrons. The Morgan fingerprint density at radius 1 is 1.05 bits per heavy atom. The topological polar surface area (TPSA) is 9.23 Å². The van der Waals surface area contributed by atoms with Crippen molar-refractivity contribution in [1.29, 1.82) is 0 Å². The molecule has 1 heteroatoms. The smallest absolute Gasteiger partial charge is 0.122 e. The lowest BCUT2D eigenvalue weighted by Crippen LogP contribution is -2.16. The van der Waals surface area contributed by atoms with Crippen LogP contribution in [0.4, 0.5) is 0 Å². The Morgan fingerprint density at radius 2 is 1.74 bits per heavy atom. The first kappa shape index (κ1) is 14.4. The fourth-order valence-corrected chi connectivity index (χ4v) is 2.92. The Bertz CT molecular complexity index is 383. The molecule has 1 aliphatic rings. The third-order valence-corrected chi connectivity index (χ3v) is 3.89. The summed E-state index contributed by atoms with van der Waals surface area (Å²) in [5.41, 5.74) is 1.66. The van der Waals surface area contributed by atoms with E-state index >= 15 is 0 Å². The molecule has 1 aromatic rings. The van der Waals surface area contributed by atoms with Crippen LogP contribution in [0.1, 0.15) is 58.4 Å². The third kappa shape index (κ3) is 4.89. The van der Waals surface area contributed by atoms with Crippen molar-refractivity contribution in [3.05, 3.63) is 29.8 Å². The van der Waals surface area contributed by atoms with E-state index in [4.69, 9.17) is 4.74 Å². The molecule has 1 saturated carbocycles. The summed E-state index contributed by atoms with van der Waals surface area (Å²) in [5.74, 6) is 1.87. The highest BCUT2D eigenvalue weighted by Crippen LogP contribution is 2.29. The maximum absolute atomic E-state index is 6.12. The van der Waals surface area contributed by atoms with E-state index in [-0.39, 0.29) is 0 Å². The molecule has 0 heterocycles. The summed E-state index contributed by atoms with van der Waals surface area (Å²) in [7, 11) is 0. The first-order valence-electron chi connectivity index (χ1n) is 7.75. The highest BCUT2D eigenvalue weighted by molar-refractivity contribution is 5.34. The lowest BCUT2D eigenvalue weighted by molar-refractivity contribution is 0.206. The summed E-state index contributed by atoms with van der Waals surface area (Å²) in [6.07, 6.45) is 7.96. The van der Waals surface area contributed by atoms with E-state index in [1.807, 2.05) is 0 Å². The van der Waals surface area contributed by atoms with Gasteiger partial charge in [-0.25, -0.2) is 0 Å². The summed E-state index contributed by atoms with van der Waals surface area (Å²) < 4.78 is 6.12. The molecular formula is C18H28O. The first-order chi connectivity index (χ1) is 9.04. The molecule has 0 N–H and O–H groups in total. The van der Waals surface area contributed by atoms with Crippen molar-refractivity contribution in [2.75, 3.05) is 6.61 Å². The van der Waals surface area contributed by atoms with E-state index in [0.717, 1.165) is 24.7 Å². The van der Waals surface area contributed by atoms with Gasteiger partial charge in [-0.3, -0.25) is 0 Å². The van der Waals surface area contributed by atoms with E-state index in [0.29, 0.717) is 5.41 Å². The van der Waals surface area contributed by atoms with Crippen molar-refractivity contribution in [2.24, 2.45) is 11.3 Å². The predicted octanol–water partition coefficient (Wildman–Crippen LogP) is 5.23. The molecule has 1 nitrogen and oxygen atoms in total. The SMILES string of the molecule is CC(C)(C)Cc1ccccc1OCC1CCCCC1. The molecule has 0 bridgehead atoms. The summed E-state index contributed by atoms with van der Waals surface area (Å²) in [6, 6.07) is 8.54. The van der Waals surface area contributed by atoms with E-state index < -0.39 is 0 Å². The van der Waals surface area contributed by atoms with Gasteiger partial charge in [0, 0.05) is 0 Å². The van der Waals surface area contributed by atoms with Gasteiger partial charge in [-0.2, -0.15) is 0 Å². The predicted molar refractivity (Wildman–Crippen MR) is 81.7 cm³/mol. The van der Waals surface area contributed by atoms with Gasteiger partial charge in [0.15, 0.2) is 0 Å². The van der Waals surface area contributed by atoms with Crippen LogP contribution in [0.5, 0.6) is 5.75 Å². The molecule has 2 rings (SSSR count). The molecule has 0 atom stereocenters. The average Bonchev–Trinajstić information content (AvgIpc) is 2.37. The number of hydrogen-bond donors (Lipinski definition) is 0. The average molecular weight is 260 g/mol. The zero-order valence-electron chi connectivity index (χ0n) is 12.7. The molecule has 0 unspecified atom stereocenters. The van der Waals surface area contributed by atoms with Crippen molar-refractivity contribution in [2.45, 2.75) is 59.3 Å². The first-order valence-corrected chi connectivity index (χ1v) is 7.75. The monoisotopic (exact) mass is 260 g/mol. The summed E-state index contributed by atoms with van der Waals surface area (Å²) >= 11 is 0. The van der Waals surface area contributed by atoms with Gasteiger partial charge < -0.3 is 4.74 Å². The number of ether oxygens (including phenoxy) is 1. The van der Waals surface area contributed by atoms with Crippen LogP contribution in [-0.2, 0) is 6.42 Å². The minimum atomic E-state index is 0.310. The van der Waals surface area contributed by atoms with E-state index in [9.17, 15) is 0 Å². The Labute approximate surface area is 118 Å². The fraction of sp³-hybridized carbons (Fsp3) is 0.667. The number of benzene rings is 1.